The Labute approximate surface area is 148 Å². The molecular formula is C19H24NO4P. The molecule has 0 aromatic heterocycles. The summed E-state index contributed by atoms with van der Waals surface area (Å²) in [6.45, 7) is 0. The van der Waals surface area contributed by atoms with Gasteiger partial charge in [0.25, 0.3) is 0 Å². The van der Waals surface area contributed by atoms with E-state index in [1.165, 1.54) is 7.11 Å². The third-order valence-corrected chi connectivity index (χ3v) is 6.33. The van der Waals surface area contributed by atoms with E-state index in [4.69, 9.17) is 10.5 Å². The van der Waals surface area contributed by atoms with Crippen molar-refractivity contribution < 1.29 is 19.0 Å². The molecule has 2 aromatic carbocycles. The minimum absolute atomic E-state index is 0.192. The maximum atomic E-state index is 12.8. The van der Waals surface area contributed by atoms with Gasteiger partial charge in [0.05, 0.1) is 18.8 Å². The van der Waals surface area contributed by atoms with Crippen LogP contribution in [-0.4, -0.2) is 29.9 Å². The predicted molar refractivity (Wildman–Crippen MR) is 98.5 cm³/mol. The highest BCUT2D eigenvalue weighted by atomic mass is 31.2. The summed E-state index contributed by atoms with van der Waals surface area (Å²) >= 11 is 0. The number of hydrogen-bond donors (Lipinski definition) is 2. The standard InChI is InChI=1S/C19H24NO4P/c1-24-19(21)17(12-15-8-4-2-5-9-15)14-25(22,23)18(20)13-16-10-6-3-7-11-16/h2-11,17-18H,12-14,20H2,1H3,(H,22,23)/t17?,18-/m1/s1. The molecule has 2 rings (SSSR count). The van der Waals surface area contributed by atoms with Crippen molar-refractivity contribution in [2.75, 3.05) is 13.3 Å². The summed E-state index contributed by atoms with van der Waals surface area (Å²) in [4.78, 5) is 22.5. The van der Waals surface area contributed by atoms with Gasteiger partial charge in [-0.2, -0.15) is 0 Å². The highest BCUT2D eigenvalue weighted by Gasteiger charge is 2.34. The molecule has 0 amide bonds. The number of carbonyl (C=O) groups excluding carboxylic acids is 1. The Balaban J connectivity index is 2.09. The summed E-state index contributed by atoms with van der Waals surface area (Å²) < 4.78 is 17.6. The molecule has 0 aliphatic rings. The number of benzene rings is 2. The summed E-state index contributed by atoms with van der Waals surface area (Å²) in [6.07, 6.45) is 0.437. The number of esters is 1. The minimum atomic E-state index is -3.73. The van der Waals surface area contributed by atoms with Gasteiger partial charge >= 0.3 is 5.97 Å². The Morgan fingerprint density at radius 3 is 2.00 bits per heavy atom. The van der Waals surface area contributed by atoms with E-state index in [0.29, 0.717) is 6.42 Å². The first kappa shape index (κ1) is 19.4. The fourth-order valence-corrected chi connectivity index (χ4v) is 4.41. The molecular weight excluding hydrogens is 337 g/mol. The predicted octanol–water partition coefficient (Wildman–Crippen LogP) is 2.82. The molecule has 0 saturated carbocycles. The van der Waals surface area contributed by atoms with Crippen LogP contribution in [0.2, 0.25) is 0 Å². The van der Waals surface area contributed by atoms with Crippen LogP contribution < -0.4 is 5.73 Å². The van der Waals surface area contributed by atoms with Crippen molar-refractivity contribution >= 4 is 13.3 Å². The summed E-state index contributed by atoms with van der Waals surface area (Å²) in [5.41, 5.74) is 7.80. The quantitative estimate of drug-likeness (QED) is 0.557. The molecule has 0 bridgehead atoms. The van der Waals surface area contributed by atoms with E-state index in [2.05, 4.69) is 0 Å². The first-order valence-corrected chi connectivity index (χ1v) is 10.1. The van der Waals surface area contributed by atoms with E-state index in [1.54, 1.807) is 0 Å². The number of carbonyl (C=O) groups is 1. The highest BCUT2D eigenvalue weighted by molar-refractivity contribution is 7.58. The van der Waals surface area contributed by atoms with Crippen LogP contribution in [0.25, 0.3) is 0 Å². The molecule has 6 heteroatoms. The van der Waals surface area contributed by atoms with Crippen LogP contribution in [0.3, 0.4) is 0 Å². The molecule has 0 saturated heterocycles. The summed E-state index contributed by atoms with van der Waals surface area (Å²) in [7, 11) is -2.45. The zero-order chi connectivity index (χ0) is 18.3. The lowest BCUT2D eigenvalue weighted by molar-refractivity contribution is -0.144. The van der Waals surface area contributed by atoms with Gasteiger partial charge in [0, 0.05) is 6.16 Å². The van der Waals surface area contributed by atoms with Gasteiger partial charge in [0.15, 0.2) is 0 Å². The molecule has 25 heavy (non-hydrogen) atoms. The lowest BCUT2D eigenvalue weighted by atomic mass is 10.0. The van der Waals surface area contributed by atoms with Crippen molar-refractivity contribution in [3.05, 3.63) is 71.8 Å². The molecule has 134 valence electrons. The Bertz CT molecular complexity index is 721. The summed E-state index contributed by atoms with van der Waals surface area (Å²) in [5, 5.41) is 0. The van der Waals surface area contributed by atoms with Crippen molar-refractivity contribution in [1.29, 1.82) is 0 Å². The number of hydrogen-bond acceptors (Lipinski definition) is 4. The van der Waals surface area contributed by atoms with Gasteiger partial charge in [0.1, 0.15) is 0 Å². The first-order valence-electron chi connectivity index (χ1n) is 8.15. The maximum absolute atomic E-state index is 12.8. The molecule has 5 nitrogen and oxygen atoms in total. The molecule has 2 aromatic rings. The van der Waals surface area contributed by atoms with E-state index in [0.717, 1.165) is 11.1 Å². The third kappa shape index (κ3) is 5.82. The van der Waals surface area contributed by atoms with Gasteiger partial charge < -0.3 is 15.4 Å². The second kappa shape index (κ2) is 8.95. The van der Waals surface area contributed by atoms with E-state index in [1.807, 2.05) is 60.7 Å². The van der Waals surface area contributed by atoms with E-state index >= 15 is 0 Å². The maximum Gasteiger partial charge on any atom is 0.309 e. The van der Waals surface area contributed by atoms with Crippen LogP contribution in [0.4, 0.5) is 0 Å². The van der Waals surface area contributed by atoms with Gasteiger partial charge in [-0.1, -0.05) is 60.7 Å². The third-order valence-electron chi connectivity index (χ3n) is 4.15. The molecule has 0 heterocycles. The van der Waals surface area contributed by atoms with Crippen LogP contribution in [0, 0.1) is 5.92 Å². The van der Waals surface area contributed by atoms with Crippen LogP contribution in [0.5, 0.6) is 0 Å². The lowest BCUT2D eigenvalue weighted by Gasteiger charge is -2.23. The number of ether oxygens (including phenoxy) is 1. The second-order valence-corrected chi connectivity index (χ2v) is 8.64. The van der Waals surface area contributed by atoms with Crippen molar-refractivity contribution in [3.8, 4) is 0 Å². The Hall–Kier alpha value is -1.94. The normalized spacial score (nSPS) is 15.8. The molecule has 0 radical (unpaired) electrons. The summed E-state index contributed by atoms with van der Waals surface area (Å²) in [5.74, 6) is -2.12. The highest BCUT2D eigenvalue weighted by Crippen LogP contribution is 2.47. The molecule has 0 fully saturated rings. The smallest absolute Gasteiger partial charge is 0.309 e. The van der Waals surface area contributed by atoms with Gasteiger partial charge in [0.2, 0.25) is 7.37 Å². The van der Waals surface area contributed by atoms with Crippen LogP contribution in [0.1, 0.15) is 11.1 Å². The molecule has 3 N–H and O–H groups in total. The molecule has 0 aliphatic heterocycles. The fraction of sp³-hybridized carbons (Fsp3) is 0.316. The number of nitrogens with two attached hydrogens (primary N) is 1. The monoisotopic (exact) mass is 361 g/mol. The average Bonchev–Trinajstić information content (AvgIpc) is 2.62. The Kier molecular flexibility index (Phi) is 6.94. The fourth-order valence-electron chi connectivity index (χ4n) is 2.74. The van der Waals surface area contributed by atoms with Crippen molar-refractivity contribution in [2.24, 2.45) is 11.7 Å². The number of methoxy groups -OCH3 is 1. The van der Waals surface area contributed by atoms with Gasteiger partial charge in [-0.3, -0.25) is 9.36 Å². The van der Waals surface area contributed by atoms with Crippen molar-refractivity contribution in [3.63, 3.8) is 0 Å². The largest absolute Gasteiger partial charge is 0.469 e. The minimum Gasteiger partial charge on any atom is -0.469 e. The average molecular weight is 361 g/mol. The molecule has 0 aliphatic carbocycles. The van der Waals surface area contributed by atoms with Gasteiger partial charge in [-0.15, -0.1) is 0 Å². The van der Waals surface area contributed by atoms with Crippen LogP contribution >= 0.6 is 7.37 Å². The van der Waals surface area contributed by atoms with Crippen LogP contribution in [-0.2, 0) is 26.9 Å². The number of rotatable bonds is 8. The molecule has 2 unspecified atom stereocenters. The first-order chi connectivity index (χ1) is 11.9. The van der Waals surface area contributed by atoms with Crippen LogP contribution in [0.15, 0.2) is 60.7 Å². The zero-order valence-electron chi connectivity index (χ0n) is 14.2. The Morgan fingerprint density at radius 2 is 1.52 bits per heavy atom. The van der Waals surface area contributed by atoms with Crippen molar-refractivity contribution in [1.82, 2.24) is 0 Å². The topological polar surface area (TPSA) is 89.6 Å². The Morgan fingerprint density at radius 1 is 1.04 bits per heavy atom. The molecule has 0 spiro atoms. The van der Waals surface area contributed by atoms with Gasteiger partial charge in [-0.25, -0.2) is 0 Å². The van der Waals surface area contributed by atoms with E-state index in [9.17, 15) is 14.3 Å². The second-order valence-electron chi connectivity index (χ2n) is 6.11. The zero-order valence-corrected chi connectivity index (χ0v) is 15.1. The molecule has 3 atom stereocenters. The van der Waals surface area contributed by atoms with Crippen molar-refractivity contribution in [2.45, 2.75) is 18.6 Å². The summed E-state index contributed by atoms with van der Waals surface area (Å²) in [6, 6.07) is 18.7. The lowest BCUT2D eigenvalue weighted by Crippen LogP contribution is -2.30. The van der Waals surface area contributed by atoms with E-state index < -0.39 is 25.0 Å². The van der Waals surface area contributed by atoms with E-state index in [-0.39, 0.29) is 12.6 Å². The van der Waals surface area contributed by atoms with Gasteiger partial charge in [-0.05, 0) is 24.0 Å². The SMILES string of the molecule is COC(=O)C(Cc1ccccc1)CP(=O)(O)[C@@H](N)Cc1ccccc1.